The van der Waals surface area contributed by atoms with Gasteiger partial charge in [0, 0.05) is 61.9 Å². The Kier molecular flexibility index (Phi) is 8.05. The van der Waals surface area contributed by atoms with Crippen LogP contribution in [0, 0.1) is 23.0 Å². The first-order valence-corrected chi connectivity index (χ1v) is 16.6. The van der Waals surface area contributed by atoms with Crippen LogP contribution < -0.4 is 15.4 Å². The van der Waals surface area contributed by atoms with Crippen LogP contribution in [0.25, 0.3) is 32.1 Å². The molecule has 9 nitrogen and oxygen atoms in total. The van der Waals surface area contributed by atoms with Gasteiger partial charge >= 0.3 is 12.2 Å². The Labute approximate surface area is 280 Å². The smallest absolute Gasteiger partial charge is 0.417 e. The zero-order chi connectivity index (χ0) is 35.0. The number of nitrogens with two attached hydrogens (primary N) is 1. The van der Waals surface area contributed by atoms with E-state index in [4.69, 9.17) is 10.5 Å². The number of benzene rings is 2. The first kappa shape index (κ1) is 33.2. The van der Waals surface area contributed by atoms with Crippen molar-refractivity contribution in [2.45, 2.75) is 57.0 Å². The third-order valence-corrected chi connectivity index (χ3v) is 11.0. The van der Waals surface area contributed by atoms with Gasteiger partial charge in [-0.15, -0.1) is 11.3 Å². The maximum absolute atomic E-state index is 17.0. The summed E-state index contributed by atoms with van der Waals surface area (Å²) >= 11 is 0.679. The molecule has 3 aliphatic heterocycles. The predicted molar refractivity (Wildman–Crippen MR) is 172 cm³/mol. The second-order valence-electron chi connectivity index (χ2n) is 13.0. The van der Waals surface area contributed by atoms with E-state index < -0.39 is 46.2 Å². The summed E-state index contributed by atoms with van der Waals surface area (Å²) in [5.41, 5.74) is 1.89. The van der Waals surface area contributed by atoms with Gasteiger partial charge in [0.05, 0.1) is 21.4 Å². The molecule has 3 aliphatic rings. The maximum atomic E-state index is 17.0. The molecule has 4 aromatic rings. The van der Waals surface area contributed by atoms with Crippen LogP contribution in [-0.4, -0.2) is 82.8 Å². The first-order chi connectivity index (χ1) is 23.2. The lowest BCUT2D eigenvalue weighted by Gasteiger charge is -2.40. The molecule has 0 saturated carbocycles. The summed E-state index contributed by atoms with van der Waals surface area (Å²) in [6.07, 6.45) is -4.42. The number of hydrogen-bond acceptors (Lipinski definition) is 9. The summed E-state index contributed by atoms with van der Waals surface area (Å²) in [6, 6.07) is 3.82. The van der Waals surface area contributed by atoms with Crippen LogP contribution in [0.2, 0.25) is 0 Å². The van der Waals surface area contributed by atoms with Gasteiger partial charge in [0.25, 0.3) is 0 Å². The van der Waals surface area contributed by atoms with E-state index in [0.29, 0.717) is 24.3 Å². The van der Waals surface area contributed by atoms with Crippen molar-refractivity contribution < 1.29 is 35.9 Å². The molecule has 0 aliphatic carbocycles. The number of alkyl halides is 4. The number of anilines is 2. The molecule has 16 heteroatoms. The number of carbonyl (C=O) groups excluding carboxylic acids is 1. The highest BCUT2D eigenvalue weighted by Crippen LogP contribution is 2.48. The van der Waals surface area contributed by atoms with Crippen LogP contribution in [-0.2, 0) is 11.0 Å². The monoisotopic (exact) mass is 703 g/mol. The summed E-state index contributed by atoms with van der Waals surface area (Å²) in [4.78, 5) is 26.3. The standard InChI is InChI=1S/C33H31F6N7O2S/c1-16-13-44(8-9-46(16)17(2)47)30-20-10-22(33(37,38)39)25(19-4-5-23(35)28-24(19)21(12-40)29(41)49-28)26(36)27(20)42-31(43-30)48-15-32-6-3-7-45(32)14-18(34)11-32/h4-5,10,16,18H,3,6-9,11,13-15,41H2,1-2H3. The molecule has 1 amide bonds. The molecule has 0 bridgehead atoms. The molecule has 3 atom stereocenters. The predicted octanol–water partition coefficient (Wildman–Crippen LogP) is 6.27. The summed E-state index contributed by atoms with van der Waals surface area (Å²) in [5, 5.41) is 9.19. The highest BCUT2D eigenvalue weighted by molar-refractivity contribution is 7.23. The van der Waals surface area contributed by atoms with Crippen LogP contribution in [0.3, 0.4) is 0 Å². The number of hydrogen-bond donors (Lipinski definition) is 1. The number of ether oxygens (including phenoxy) is 1. The molecular formula is C33H31F6N7O2S. The SMILES string of the molecule is CC(=O)N1CCN(c2nc(OCC34CCCN3CC(F)C4)nc3c(F)c(-c4ccc(F)c5sc(N)c(C#N)c45)c(C(F)(F)F)cc23)CC1C. The maximum Gasteiger partial charge on any atom is 0.417 e. The Balaban J connectivity index is 1.45. The number of carbonyl (C=O) groups is 1. The second kappa shape index (κ2) is 11.9. The fourth-order valence-corrected chi connectivity index (χ4v) is 8.71. The molecular weight excluding hydrogens is 672 g/mol. The number of amides is 1. The van der Waals surface area contributed by atoms with E-state index in [1.807, 2.05) is 11.0 Å². The van der Waals surface area contributed by atoms with Crippen molar-refractivity contribution in [2.75, 3.05) is 50.0 Å². The Hall–Kier alpha value is -4.36. The van der Waals surface area contributed by atoms with Crippen LogP contribution in [0.15, 0.2) is 18.2 Å². The molecule has 0 radical (unpaired) electrons. The second-order valence-corrected chi connectivity index (χ2v) is 14.0. The van der Waals surface area contributed by atoms with Crippen molar-refractivity contribution in [1.29, 1.82) is 5.26 Å². The van der Waals surface area contributed by atoms with Gasteiger partial charge in [-0.3, -0.25) is 9.69 Å². The van der Waals surface area contributed by atoms with E-state index in [-0.39, 0.29) is 94.6 Å². The zero-order valence-corrected chi connectivity index (χ0v) is 27.3. The first-order valence-electron chi connectivity index (χ1n) is 15.8. The molecule has 258 valence electrons. The number of fused-ring (bicyclic) bond motifs is 3. The quantitative estimate of drug-likeness (QED) is 0.242. The van der Waals surface area contributed by atoms with Crippen LogP contribution in [0.4, 0.5) is 37.2 Å². The molecule has 0 spiro atoms. The van der Waals surface area contributed by atoms with Gasteiger partial charge in [0.2, 0.25) is 5.91 Å². The summed E-state index contributed by atoms with van der Waals surface area (Å²) in [5.74, 6) is -2.39. The van der Waals surface area contributed by atoms with E-state index in [1.54, 1.807) is 16.7 Å². The van der Waals surface area contributed by atoms with E-state index in [9.17, 15) is 32.0 Å². The molecule has 2 aromatic heterocycles. The summed E-state index contributed by atoms with van der Waals surface area (Å²) in [6.45, 7) is 4.74. The van der Waals surface area contributed by atoms with Crippen molar-refractivity contribution in [1.82, 2.24) is 19.8 Å². The minimum absolute atomic E-state index is 0.0136. The Bertz CT molecular complexity index is 2050. The van der Waals surface area contributed by atoms with Crippen LogP contribution >= 0.6 is 11.3 Å². The molecule has 7 rings (SSSR count). The average molecular weight is 704 g/mol. The summed E-state index contributed by atoms with van der Waals surface area (Å²) < 4.78 is 97.1. The topological polar surface area (TPSA) is 112 Å². The Morgan fingerprint density at radius 3 is 2.67 bits per heavy atom. The van der Waals surface area contributed by atoms with Crippen molar-refractivity contribution in [3.8, 4) is 23.2 Å². The van der Waals surface area contributed by atoms with Gasteiger partial charge in [0.1, 0.15) is 41.0 Å². The number of nitrogens with zero attached hydrogens (tertiary/aromatic N) is 6. The number of halogens is 6. The fraction of sp³-hybridized carbons (Fsp3) is 0.455. The van der Waals surface area contributed by atoms with E-state index in [2.05, 4.69) is 9.97 Å². The third kappa shape index (κ3) is 5.47. The normalized spacial score (nSPS) is 23.0. The largest absolute Gasteiger partial charge is 0.461 e. The number of piperazine rings is 1. The van der Waals surface area contributed by atoms with Crippen molar-refractivity contribution in [3.05, 3.63) is 41.0 Å². The number of nitriles is 1. The number of aromatic nitrogens is 2. The third-order valence-electron chi connectivity index (χ3n) is 9.96. The van der Waals surface area contributed by atoms with Gasteiger partial charge in [0.15, 0.2) is 5.82 Å². The van der Waals surface area contributed by atoms with Crippen LogP contribution in [0.1, 0.15) is 44.2 Å². The fourth-order valence-electron chi connectivity index (χ4n) is 7.76. The minimum atomic E-state index is -5.11. The Morgan fingerprint density at radius 1 is 1.20 bits per heavy atom. The molecule has 5 heterocycles. The molecule has 3 saturated heterocycles. The van der Waals surface area contributed by atoms with Gasteiger partial charge in [-0.25, -0.2) is 13.2 Å². The number of nitrogen functional groups attached to an aromatic ring is 1. The minimum Gasteiger partial charge on any atom is -0.461 e. The zero-order valence-electron chi connectivity index (χ0n) is 26.5. The van der Waals surface area contributed by atoms with E-state index >= 15 is 4.39 Å². The average Bonchev–Trinajstić information content (AvgIpc) is 3.69. The number of rotatable bonds is 5. The molecule has 49 heavy (non-hydrogen) atoms. The van der Waals surface area contributed by atoms with Crippen molar-refractivity contribution in [3.63, 3.8) is 0 Å². The van der Waals surface area contributed by atoms with Gasteiger partial charge < -0.3 is 20.3 Å². The highest BCUT2D eigenvalue weighted by atomic mass is 32.1. The molecule has 2 aromatic carbocycles. The lowest BCUT2D eigenvalue weighted by atomic mass is 9.92. The lowest BCUT2D eigenvalue weighted by Crippen LogP contribution is -2.53. The van der Waals surface area contributed by atoms with Crippen molar-refractivity contribution >= 4 is 49.1 Å². The number of thiophene rings is 1. The molecule has 2 N–H and O–H groups in total. The molecule has 3 fully saturated rings. The van der Waals surface area contributed by atoms with Crippen LogP contribution in [0.5, 0.6) is 6.01 Å². The molecule has 3 unspecified atom stereocenters. The van der Waals surface area contributed by atoms with E-state index in [1.165, 1.54) is 6.92 Å². The summed E-state index contributed by atoms with van der Waals surface area (Å²) in [7, 11) is 0. The van der Waals surface area contributed by atoms with Crippen molar-refractivity contribution in [2.24, 2.45) is 0 Å². The lowest BCUT2D eigenvalue weighted by molar-refractivity contribution is -0.137. The van der Waals surface area contributed by atoms with Gasteiger partial charge in [-0.05, 0) is 44.0 Å². The Morgan fingerprint density at radius 2 is 1.98 bits per heavy atom. The van der Waals surface area contributed by atoms with E-state index in [0.717, 1.165) is 24.6 Å². The van der Waals surface area contributed by atoms with Gasteiger partial charge in [-0.2, -0.15) is 28.4 Å². The van der Waals surface area contributed by atoms with Gasteiger partial charge in [-0.1, -0.05) is 6.07 Å². The highest BCUT2D eigenvalue weighted by Gasteiger charge is 2.49.